The lowest BCUT2D eigenvalue weighted by atomic mass is 10.1. The highest BCUT2D eigenvalue weighted by Crippen LogP contribution is 2.33. The third-order valence-electron chi connectivity index (χ3n) is 6.26. The third-order valence-corrected chi connectivity index (χ3v) is 8.29. The van der Waals surface area contributed by atoms with Crippen LogP contribution in [0.15, 0.2) is 83.8 Å². The van der Waals surface area contributed by atoms with E-state index in [1.54, 1.807) is 38.1 Å². The molecule has 2 amide bonds. The first kappa shape index (κ1) is 32.0. The normalized spacial score (nSPS) is 12.3. The summed E-state index contributed by atoms with van der Waals surface area (Å²) in [5.41, 5.74) is 0.688. The number of carbonyl (C=O) groups is 2. The number of nitrogens with one attached hydrogen (secondary N) is 1. The fraction of sp³-hybridized carbons (Fsp3) is 0.355. The number of benzene rings is 3. The van der Waals surface area contributed by atoms with Crippen LogP contribution in [0.3, 0.4) is 0 Å². The van der Waals surface area contributed by atoms with Crippen molar-refractivity contribution >= 4 is 39.1 Å². The Kier molecular flexibility index (Phi) is 10.8. The molecule has 1 atom stereocenters. The summed E-state index contributed by atoms with van der Waals surface area (Å²) in [5, 5.41) is 3.31. The molecule has 1 N–H and O–H groups in total. The second-order valence-corrected chi connectivity index (χ2v) is 12.9. The van der Waals surface area contributed by atoms with Crippen molar-refractivity contribution in [2.24, 2.45) is 0 Å². The SMILES string of the molecule is CCOc1ccccc1N(CC(=O)N(CCc1ccccc1)[C@@H](C)C(=O)NC(C)(C)C)S(=O)(=O)c1ccc(Cl)cc1. The van der Waals surface area contributed by atoms with Crippen LogP contribution in [0.5, 0.6) is 5.75 Å². The molecule has 3 rings (SSSR count). The average molecular weight is 600 g/mol. The van der Waals surface area contributed by atoms with Gasteiger partial charge in [-0.1, -0.05) is 54.1 Å². The van der Waals surface area contributed by atoms with Crippen LogP contribution in [0.1, 0.15) is 40.2 Å². The molecule has 0 heterocycles. The van der Waals surface area contributed by atoms with Gasteiger partial charge in [-0.2, -0.15) is 0 Å². The van der Waals surface area contributed by atoms with Crippen molar-refractivity contribution in [2.45, 2.75) is 57.5 Å². The minimum atomic E-state index is -4.24. The van der Waals surface area contributed by atoms with E-state index >= 15 is 0 Å². The highest BCUT2D eigenvalue weighted by atomic mass is 35.5. The van der Waals surface area contributed by atoms with E-state index in [9.17, 15) is 18.0 Å². The van der Waals surface area contributed by atoms with Crippen molar-refractivity contribution in [3.05, 3.63) is 89.4 Å². The number of carbonyl (C=O) groups excluding carboxylic acids is 2. The predicted octanol–water partition coefficient (Wildman–Crippen LogP) is 5.31. The molecule has 3 aromatic carbocycles. The summed E-state index contributed by atoms with van der Waals surface area (Å²) in [4.78, 5) is 28.6. The zero-order valence-corrected chi connectivity index (χ0v) is 25.7. The number of para-hydroxylation sites is 2. The Hall–Kier alpha value is -3.56. The minimum absolute atomic E-state index is 0.0321. The van der Waals surface area contributed by atoms with Crippen molar-refractivity contribution in [2.75, 3.05) is 24.0 Å². The molecule has 8 nitrogen and oxygen atoms in total. The summed E-state index contributed by atoms with van der Waals surface area (Å²) in [6.07, 6.45) is 0.485. The van der Waals surface area contributed by atoms with Crippen LogP contribution < -0.4 is 14.4 Å². The molecule has 0 unspecified atom stereocenters. The smallest absolute Gasteiger partial charge is 0.264 e. The lowest BCUT2D eigenvalue weighted by molar-refractivity contribution is -0.139. The van der Waals surface area contributed by atoms with E-state index in [4.69, 9.17) is 16.3 Å². The lowest BCUT2D eigenvalue weighted by Gasteiger charge is -2.33. The maximum atomic E-state index is 14.0. The molecule has 0 bridgehead atoms. The summed E-state index contributed by atoms with van der Waals surface area (Å²) in [7, 11) is -4.24. The fourth-order valence-electron chi connectivity index (χ4n) is 4.23. The number of amides is 2. The van der Waals surface area contributed by atoms with Gasteiger partial charge < -0.3 is 15.0 Å². The van der Waals surface area contributed by atoms with E-state index in [-0.39, 0.29) is 23.0 Å². The van der Waals surface area contributed by atoms with Crippen LogP contribution in [-0.4, -0.2) is 56.4 Å². The molecule has 0 aromatic heterocycles. The molecule has 3 aromatic rings. The second-order valence-electron chi connectivity index (χ2n) is 10.6. The summed E-state index contributed by atoms with van der Waals surface area (Å²) < 4.78 is 34.8. The van der Waals surface area contributed by atoms with Crippen LogP contribution in [0.2, 0.25) is 5.02 Å². The van der Waals surface area contributed by atoms with E-state index in [0.717, 1.165) is 9.87 Å². The van der Waals surface area contributed by atoms with Crippen LogP contribution in [-0.2, 0) is 26.0 Å². The van der Waals surface area contributed by atoms with Crippen molar-refractivity contribution < 1.29 is 22.7 Å². The molecule has 0 fully saturated rings. The van der Waals surface area contributed by atoms with E-state index in [2.05, 4.69) is 5.32 Å². The number of halogens is 1. The maximum Gasteiger partial charge on any atom is 0.264 e. The summed E-state index contributed by atoms with van der Waals surface area (Å²) in [6, 6.07) is 21.1. The molecular weight excluding hydrogens is 562 g/mol. The van der Waals surface area contributed by atoms with Gasteiger partial charge in [-0.05, 0) is 83.0 Å². The molecule has 0 saturated carbocycles. The number of hydrogen-bond acceptors (Lipinski definition) is 5. The number of ether oxygens (including phenoxy) is 1. The van der Waals surface area contributed by atoms with Gasteiger partial charge in [-0.25, -0.2) is 8.42 Å². The van der Waals surface area contributed by atoms with Gasteiger partial charge in [0.25, 0.3) is 10.0 Å². The molecule has 0 radical (unpaired) electrons. The van der Waals surface area contributed by atoms with Crippen LogP contribution in [0.4, 0.5) is 5.69 Å². The van der Waals surface area contributed by atoms with Crippen LogP contribution in [0.25, 0.3) is 0 Å². The van der Waals surface area contributed by atoms with E-state index in [0.29, 0.717) is 23.8 Å². The van der Waals surface area contributed by atoms with E-state index < -0.39 is 34.1 Å². The highest BCUT2D eigenvalue weighted by Gasteiger charge is 2.34. The Morgan fingerprint density at radius 1 is 0.951 bits per heavy atom. The Morgan fingerprint density at radius 3 is 2.17 bits per heavy atom. The molecule has 0 aliphatic rings. The minimum Gasteiger partial charge on any atom is -0.492 e. The van der Waals surface area contributed by atoms with Crippen molar-refractivity contribution in [1.82, 2.24) is 10.2 Å². The van der Waals surface area contributed by atoms with Gasteiger partial charge in [0.2, 0.25) is 11.8 Å². The van der Waals surface area contributed by atoms with Gasteiger partial charge in [-0.3, -0.25) is 13.9 Å². The van der Waals surface area contributed by atoms with Crippen LogP contribution >= 0.6 is 11.6 Å². The Bertz CT molecular complexity index is 1420. The monoisotopic (exact) mass is 599 g/mol. The van der Waals surface area contributed by atoms with Crippen molar-refractivity contribution in [3.8, 4) is 5.75 Å². The molecule has 10 heteroatoms. The van der Waals surface area contributed by atoms with E-state index in [1.165, 1.54) is 29.2 Å². The van der Waals surface area contributed by atoms with Crippen molar-refractivity contribution in [1.29, 1.82) is 0 Å². The maximum absolute atomic E-state index is 14.0. The molecule has 0 spiro atoms. The van der Waals surface area contributed by atoms with Crippen molar-refractivity contribution in [3.63, 3.8) is 0 Å². The first-order valence-electron chi connectivity index (χ1n) is 13.5. The fourth-order valence-corrected chi connectivity index (χ4v) is 5.78. The first-order chi connectivity index (χ1) is 19.3. The molecule has 220 valence electrons. The quantitative estimate of drug-likeness (QED) is 0.304. The molecular formula is C31H38ClN3O5S. The number of sulfonamides is 1. The first-order valence-corrected chi connectivity index (χ1v) is 15.3. The second kappa shape index (κ2) is 13.9. The topological polar surface area (TPSA) is 96.0 Å². The van der Waals surface area contributed by atoms with Gasteiger partial charge in [0.15, 0.2) is 0 Å². The molecule has 41 heavy (non-hydrogen) atoms. The third kappa shape index (κ3) is 8.71. The Balaban J connectivity index is 2.04. The Morgan fingerprint density at radius 2 is 1.56 bits per heavy atom. The molecule has 0 aliphatic carbocycles. The van der Waals surface area contributed by atoms with Gasteiger partial charge in [0.05, 0.1) is 17.2 Å². The molecule has 0 saturated heterocycles. The van der Waals surface area contributed by atoms with Gasteiger partial charge in [-0.15, -0.1) is 0 Å². The Labute approximate surface area is 248 Å². The average Bonchev–Trinajstić information content (AvgIpc) is 2.92. The summed E-state index contributed by atoms with van der Waals surface area (Å²) in [6.45, 7) is 8.99. The summed E-state index contributed by atoms with van der Waals surface area (Å²) >= 11 is 6.02. The number of anilines is 1. The summed E-state index contributed by atoms with van der Waals surface area (Å²) in [5.74, 6) is -0.545. The molecule has 0 aliphatic heterocycles. The van der Waals surface area contributed by atoms with Gasteiger partial charge >= 0.3 is 0 Å². The van der Waals surface area contributed by atoms with Crippen LogP contribution in [0, 0.1) is 0 Å². The van der Waals surface area contributed by atoms with Gasteiger partial charge in [0, 0.05) is 17.1 Å². The lowest BCUT2D eigenvalue weighted by Crippen LogP contribution is -2.55. The van der Waals surface area contributed by atoms with E-state index in [1.807, 2.05) is 51.1 Å². The van der Waals surface area contributed by atoms with Gasteiger partial charge in [0.1, 0.15) is 18.3 Å². The number of nitrogens with zero attached hydrogens (tertiary/aromatic N) is 2. The zero-order valence-electron chi connectivity index (χ0n) is 24.1. The predicted molar refractivity (Wildman–Crippen MR) is 163 cm³/mol. The zero-order chi connectivity index (χ0) is 30.2. The standard InChI is InChI=1S/C31H38ClN3O5S/c1-6-40-28-15-11-10-14-27(28)35(41(38,39)26-18-16-25(32)17-19-26)22-29(36)34(21-20-24-12-8-7-9-13-24)23(2)30(37)33-31(3,4)5/h7-19,23H,6,20-22H2,1-5H3,(H,33,37)/t23-/m0/s1. The highest BCUT2D eigenvalue weighted by molar-refractivity contribution is 7.92. The number of rotatable bonds is 12. The number of hydrogen-bond donors (Lipinski definition) is 1. The largest absolute Gasteiger partial charge is 0.492 e.